The summed E-state index contributed by atoms with van der Waals surface area (Å²) in [5.41, 5.74) is 4.86. The maximum absolute atomic E-state index is 6.22. The number of aromatic nitrogens is 2. The smallest absolute Gasteiger partial charge is 0.399 e. The fraction of sp³-hybridized carbons (Fsp3) is 0.231. The lowest BCUT2D eigenvalue weighted by Crippen LogP contribution is -2.41. The summed E-state index contributed by atoms with van der Waals surface area (Å²) in [7, 11) is -0.393. The van der Waals surface area contributed by atoms with Crippen molar-refractivity contribution in [1.29, 1.82) is 0 Å². The van der Waals surface area contributed by atoms with E-state index >= 15 is 0 Å². The molecule has 0 unspecified atom stereocenters. The topological polar surface area (TPSA) is 44.2 Å². The van der Waals surface area contributed by atoms with Crippen molar-refractivity contribution in [3.8, 4) is 22.6 Å². The van der Waals surface area contributed by atoms with Gasteiger partial charge in [-0.05, 0) is 63.0 Å². The van der Waals surface area contributed by atoms with E-state index in [1.165, 1.54) is 0 Å². The van der Waals surface area contributed by atoms with Crippen molar-refractivity contribution in [2.75, 3.05) is 0 Å². The van der Waals surface area contributed by atoms with E-state index in [1.54, 1.807) is 0 Å². The zero-order valence-electron chi connectivity index (χ0n) is 18.3. The van der Waals surface area contributed by atoms with E-state index in [0.717, 1.165) is 39.0 Å². The van der Waals surface area contributed by atoms with E-state index in [9.17, 15) is 0 Å². The highest BCUT2D eigenvalue weighted by atomic mass is 16.7. The van der Waals surface area contributed by atoms with Crippen LogP contribution >= 0.6 is 0 Å². The number of para-hydroxylation sites is 1. The van der Waals surface area contributed by atoms with Crippen LogP contribution in [0.2, 0.25) is 0 Å². The highest BCUT2D eigenvalue weighted by molar-refractivity contribution is 6.62. The molecule has 0 saturated carbocycles. The second-order valence-electron chi connectivity index (χ2n) is 9.01. The van der Waals surface area contributed by atoms with Crippen molar-refractivity contribution in [3.05, 3.63) is 78.9 Å². The Bertz CT molecular complexity index is 1250. The van der Waals surface area contributed by atoms with Gasteiger partial charge in [-0.25, -0.2) is 9.97 Å². The molecule has 5 heteroatoms. The van der Waals surface area contributed by atoms with Crippen LogP contribution in [-0.2, 0) is 9.31 Å². The highest BCUT2D eigenvalue weighted by Crippen LogP contribution is 2.36. The highest BCUT2D eigenvalue weighted by Gasteiger charge is 2.51. The molecule has 1 aliphatic rings. The predicted octanol–water partition coefficient (Wildman–Crippen LogP) is 5.26. The summed E-state index contributed by atoms with van der Waals surface area (Å²) in [5, 5.41) is 1.12. The van der Waals surface area contributed by atoms with Gasteiger partial charge in [0.15, 0.2) is 0 Å². The molecule has 0 N–H and O–H groups in total. The van der Waals surface area contributed by atoms with Crippen molar-refractivity contribution < 1.29 is 9.31 Å². The van der Waals surface area contributed by atoms with Crippen molar-refractivity contribution in [3.63, 3.8) is 0 Å². The van der Waals surface area contributed by atoms with Crippen molar-refractivity contribution >= 4 is 23.5 Å². The van der Waals surface area contributed by atoms with E-state index in [4.69, 9.17) is 19.3 Å². The fourth-order valence-corrected chi connectivity index (χ4v) is 3.77. The summed E-state index contributed by atoms with van der Waals surface area (Å²) in [6, 6.07) is 26.5. The van der Waals surface area contributed by atoms with E-state index < -0.39 is 7.12 Å². The maximum Gasteiger partial charge on any atom is 0.494 e. The molecular formula is C26H25BN2O2. The van der Waals surface area contributed by atoms with Gasteiger partial charge in [0.2, 0.25) is 0 Å². The predicted molar refractivity (Wildman–Crippen MR) is 126 cm³/mol. The van der Waals surface area contributed by atoms with Crippen LogP contribution in [0.4, 0.5) is 0 Å². The quantitative estimate of drug-likeness (QED) is 0.434. The van der Waals surface area contributed by atoms with Crippen LogP contribution in [0.25, 0.3) is 33.5 Å². The van der Waals surface area contributed by atoms with Crippen LogP contribution in [-0.4, -0.2) is 28.3 Å². The Labute approximate surface area is 183 Å². The van der Waals surface area contributed by atoms with Gasteiger partial charge < -0.3 is 9.31 Å². The lowest BCUT2D eigenvalue weighted by atomic mass is 9.78. The minimum absolute atomic E-state index is 0.367. The molecule has 0 bridgehead atoms. The van der Waals surface area contributed by atoms with Crippen LogP contribution in [0.15, 0.2) is 78.9 Å². The standard InChI is InChI=1S/C26H25BN2O2/c1-25(2)26(3,4)31-27(30-25)20-11-7-10-19(17-20)22-13-8-14-23(29-22)24-16-15-18-9-5-6-12-21(18)28-24/h5-17H,1-4H3. The van der Waals surface area contributed by atoms with Gasteiger partial charge in [0.25, 0.3) is 0 Å². The van der Waals surface area contributed by atoms with E-state index in [-0.39, 0.29) is 11.2 Å². The second kappa shape index (κ2) is 7.29. The molecule has 0 spiro atoms. The lowest BCUT2D eigenvalue weighted by Gasteiger charge is -2.32. The minimum Gasteiger partial charge on any atom is -0.399 e. The Balaban J connectivity index is 1.48. The third-order valence-corrected chi connectivity index (χ3v) is 6.32. The van der Waals surface area contributed by atoms with Gasteiger partial charge in [-0.1, -0.05) is 54.6 Å². The average molecular weight is 408 g/mol. The first kappa shape index (κ1) is 19.9. The molecular weight excluding hydrogens is 383 g/mol. The lowest BCUT2D eigenvalue weighted by molar-refractivity contribution is 0.00578. The Morgan fingerprint density at radius 3 is 2.13 bits per heavy atom. The van der Waals surface area contributed by atoms with Gasteiger partial charge in [0.05, 0.1) is 33.8 Å². The maximum atomic E-state index is 6.22. The monoisotopic (exact) mass is 408 g/mol. The van der Waals surface area contributed by atoms with Crippen LogP contribution < -0.4 is 5.46 Å². The molecule has 3 heterocycles. The molecule has 4 aromatic rings. The molecule has 2 aromatic carbocycles. The number of nitrogens with zero attached hydrogens (tertiary/aromatic N) is 2. The average Bonchev–Trinajstić information content (AvgIpc) is 3.00. The molecule has 154 valence electrons. The van der Waals surface area contributed by atoms with E-state index in [2.05, 4.69) is 52.0 Å². The number of pyridine rings is 2. The summed E-state index contributed by atoms with van der Waals surface area (Å²) >= 11 is 0. The molecule has 5 rings (SSSR count). The molecule has 31 heavy (non-hydrogen) atoms. The van der Waals surface area contributed by atoms with Crippen LogP contribution in [0.3, 0.4) is 0 Å². The van der Waals surface area contributed by atoms with Gasteiger partial charge >= 0.3 is 7.12 Å². The Morgan fingerprint density at radius 2 is 1.32 bits per heavy atom. The molecule has 2 aromatic heterocycles. The largest absolute Gasteiger partial charge is 0.494 e. The fourth-order valence-electron chi connectivity index (χ4n) is 3.77. The summed E-state index contributed by atoms with van der Waals surface area (Å²) in [4.78, 5) is 9.69. The van der Waals surface area contributed by atoms with Gasteiger partial charge in [-0.3, -0.25) is 0 Å². The number of rotatable bonds is 3. The van der Waals surface area contributed by atoms with Crippen LogP contribution in [0, 0.1) is 0 Å². The number of benzene rings is 2. The Kier molecular flexibility index (Phi) is 4.69. The SMILES string of the molecule is CC1(C)OB(c2cccc(-c3cccc(-c4ccc5ccccc5n4)n3)c2)OC1(C)C. The number of fused-ring (bicyclic) bond motifs is 1. The van der Waals surface area contributed by atoms with Crippen LogP contribution in [0.5, 0.6) is 0 Å². The molecule has 0 atom stereocenters. The first-order chi connectivity index (χ1) is 14.8. The van der Waals surface area contributed by atoms with Gasteiger partial charge in [0, 0.05) is 5.39 Å². The van der Waals surface area contributed by atoms with Gasteiger partial charge in [-0.15, -0.1) is 0 Å². The number of hydrogen-bond donors (Lipinski definition) is 0. The zero-order valence-corrected chi connectivity index (χ0v) is 18.3. The Morgan fingerprint density at radius 1 is 0.645 bits per heavy atom. The molecule has 4 nitrogen and oxygen atoms in total. The molecule has 0 aliphatic carbocycles. The molecule has 0 amide bonds. The summed E-state index contributed by atoms with van der Waals surface area (Å²) in [5.74, 6) is 0. The van der Waals surface area contributed by atoms with Crippen LogP contribution in [0.1, 0.15) is 27.7 Å². The van der Waals surface area contributed by atoms with E-state index in [0.29, 0.717) is 0 Å². The van der Waals surface area contributed by atoms with Crippen molar-refractivity contribution in [2.24, 2.45) is 0 Å². The molecule has 1 aliphatic heterocycles. The first-order valence-corrected chi connectivity index (χ1v) is 10.6. The minimum atomic E-state index is -0.393. The van der Waals surface area contributed by atoms with E-state index in [1.807, 2.05) is 54.6 Å². The number of hydrogen-bond acceptors (Lipinski definition) is 4. The molecule has 1 saturated heterocycles. The van der Waals surface area contributed by atoms with Crippen molar-refractivity contribution in [2.45, 2.75) is 38.9 Å². The summed E-state index contributed by atoms with van der Waals surface area (Å²) < 4.78 is 12.4. The van der Waals surface area contributed by atoms with Gasteiger partial charge in [-0.2, -0.15) is 0 Å². The molecule has 1 fully saturated rings. The van der Waals surface area contributed by atoms with Crippen molar-refractivity contribution in [1.82, 2.24) is 9.97 Å². The first-order valence-electron chi connectivity index (χ1n) is 10.6. The van der Waals surface area contributed by atoms with Gasteiger partial charge in [0.1, 0.15) is 0 Å². The normalized spacial score (nSPS) is 17.2. The molecule has 0 radical (unpaired) electrons. The zero-order chi connectivity index (χ0) is 21.6. The third-order valence-electron chi connectivity index (χ3n) is 6.32. The third kappa shape index (κ3) is 3.64. The summed E-state index contributed by atoms with van der Waals surface area (Å²) in [6.45, 7) is 8.27. The second-order valence-corrected chi connectivity index (χ2v) is 9.01. The summed E-state index contributed by atoms with van der Waals surface area (Å²) in [6.07, 6.45) is 0. The Hall–Kier alpha value is -3.02.